The summed E-state index contributed by atoms with van der Waals surface area (Å²) in [4.78, 5) is 14.8. The minimum absolute atomic E-state index is 0.177. The summed E-state index contributed by atoms with van der Waals surface area (Å²) in [5, 5.41) is 0.869. The molecule has 1 aromatic carbocycles. The molecule has 1 aliphatic rings. The predicted octanol–water partition coefficient (Wildman–Crippen LogP) is 4.54. The van der Waals surface area contributed by atoms with E-state index < -0.39 is 0 Å². The summed E-state index contributed by atoms with van der Waals surface area (Å²) >= 11 is 7.00. The van der Waals surface area contributed by atoms with Crippen LogP contribution in [-0.4, -0.2) is 28.7 Å². The minimum atomic E-state index is 0.177. The summed E-state index contributed by atoms with van der Waals surface area (Å²) < 4.78 is 1.02. The summed E-state index contributed by atoms with van der Waals surface area (Å²) in [5.74, 6) is 0.177. The smallest absolute Gasteiger partial charge is 0.254 e. The van der Waals surface area contributed by atoms with Crippen LogP contribution in [-0.2, 0) is 0 Å². The number of carbonyl (C=O) groups excluding carboxylic acids is 1. The third-order valence-corrected chi connectivity index (χ3v) is 4.98. The number of aryl methyl sites for hydroxylation is 1. The van der Waals surface area contributed by atoms with Crippen molar-refractivity contribution in [3.8, 4) is 0 Å². The number of likely N-dealkylation sites (tertiary alicyclic amines) is 1. The number of carbonyl (C=O) groups is 1. The SMILES string of the molecule is Cc1cc(Br)ccc1C(=O)N1CCCCCC1CBr. The zero-order valence-corrected chi connectivity index (χ0v) is 14.3. The Labute approximate surface area is 131 Å². The molecule has 0 bridgehead atoms. The average Bonchev–Trinajstić information content (AvgIpc) is 2.63. The normalized spacial score (nSPS) is 20.2. The van der Waals surface area contributed by atoms with Gasteiger partial charge < -0.3 is 4.90 Å². The molecule has 0 saturated carbocycles. The van der Waals surface area contributed by atoms with Crippen molar-refractivity contribution < 1.29 is 4.79 Å². The number of hydrogen-bond acceptors (Lipinski definition) is 1. The summed E-state index contributed by atoms with van der Waals surface area (Å²) in [6, 6.07) is 6.21. The van der Waals surface area contributed by atoms with Gasteiger partial charge in [-0.25, -0.2) is 0 Å². The number of amides is 1. The van der Waals surface area contributed by atoms with Crippen molar-refractivity contribution >= 4 is 37.8 Å². The molecule has 1 unspecified atom stereocenters. The lowest BCUT2D eigenvalue weighted by Crippen LogP contribution is -2.41. The molecule has 1 saturated heterocycles. The Morgan fingerprint density at radius 1 is 1.37 bits per heavy atom. The highest BCUT2D eigenvalue weighted by Gasteiger charge is 2.26. The molecular formula is C15H19Br2NO. The highest BCUT2D eigenvalue weighted by atomic mass is 79.9. The summed E-state index contributed by atoms with van der Waals surface area (Å²) in [7, 11) is 0. The fourth-order valence-electron chi connectivity index (χ4n) is 2.63. The van der Waals surface area contributed by atoms with Gasteiger partial charge in [0.2, 0.25) is 0 Å². The largest absolute Gasteiger partial charge is 0.335 e. The molecule has 1 amide bonds. The Balaban J connectivity index is 2.25. The van der Waals surface area contributed by atoms with Gasteiger partial charge in [-0.3, -0.25) is 4.79 Å². The number of rotatable bonds is 2. The Morgan fingerprint density at radius 3 is 2.84 bits per heavy atom. The Hall–Kier alpha value is -0.350. The lowest BCUT2D eigenvalue weighted by molar-refractivity contribution is 0.0701. The molecule has 1 atom stereocenters. The van der Waals surface area contributed by atoms with Gasteiger partial charge >= 0.3 is 0 Å². The number of halogens is 2. The lowest BCUT2D eigenvalue weighted by Gasteiger charge is -2.29. The number of alkyl halides is 1. The molecule has 0 aromatic heterocycles. The third-order valence-electron chi connectivity index (χ3n) is 3.73. The van der Waals surface area contributed by atoms with Crippen LogP contribution in [0.3, 0.4) is 0 Å². The summed E-state index contributed by atoms with van der Waals surface area (Å²) in [6.45, 7) is 2.88. The van der Waals surface area contributed by atoms with Crippen molar-refractivity contribution in [1.82, 2.24) is 4.90 Å². The maximum Gasteiger partial charge on any atom is 0.254 e. The van der Waals surface area contributed by atoms with Crippen molar-refractivity contribution in [2.75, 3.05) is 11.9 Å². The molecule has 1 fully saturated rings. The van der Waals surface area contributed by atoms with Crippen molar-refractivity contribution in [2.45, 2.75) is 38.6 Å². The van der Waals surface area contributed by atoms with E-state index in [1.807, 2.05) is 25.1 Å². The van der Waals surface area contributed by atoms with Crippen LogP contribution in [0.4, 0.5) is 0 Å². The fourth-order valence-corrected chi connectivity index (χ4v) is 3.78. The van der Waals surface area contributed by atoms with Crippen molar-refractivity contribution in [2.24, 2.45) is 0 Å². The van der Waals surface area contributed by atoms with Crippen molar-refractivity contribution in [3.05, 3.63) is 33.8 Å². The average molecular weight is 389 g/mol. The molecule has 104 valence electrons. The first-order valence-corrected chi connectivity index (χ1v) is 8.68. The molecule has 1 aliphatic heterocycles. The zero-order chi connectivity index (χ0) is 13.8. The van der Waals surface area contributed by atoms with Gasteiger partial charge in [-0.05, 0) is 43.5 Å². The molecule has 2 nitrogen and oxygen atoms in total. The standard InChI is InChI=1S/C15H19Br2NO/c1-11-9-12(17)6-7-14(11)15(19)18-8-4-2-3-5-13(18)10-16/h6-7,9,13H,2-5,8,10H2,1H3. The molecular weight excluding hydrogens is 370 g/mol. The maximum atomic E-state index is 12.7. The fraction of sp³-hybridized carbons (Fsp3) is 0.533. The number of hydrogen-bond donors (Lipinski definition) is 0. The third kappa shape index (κ3) is 3.60. The van der Waals surface area contributed by atoms with Crippen LogP contribution in [0.25, 0.3) is 0 Å². The van der Waals surface area contributed by atoms with E-state index in [1.54, 1.807) is 0 Å². The first-order valence-electron chi connectivity index (χ1n) is 6.76. The van der Waals surface area contributed by atoms with E-state index >= 15 is 0 Å². The topological polar surface area (TPSA) is 20.3 Å². The Bertz CT molecular complexity index is 461. The molecule has 19 heavy (non-hydrogen) atoms. The van der Waals surface area contributed by atoms with Crippen LogP contribution in [0.5, 0.6) is 0 Å². The Kier molecular flexibility index (Phi) is 5.46. The van der Waals surface area contributed by atoms with Crippen LogP contribution >= 0.6 is 31.9 Å². The van der Waals surface area contributed by atoms with E-state index in [0.29, 0.717) is 6.04 Å². The molecule has 1 heterocycles. The second kappa shape index (κ2) is 6.89. The zero-order valence-electron chi connectivity index (χ0n) is 11.2. The summed E-state index contributed by atoms with van der Waals surface area (Å²) in [6.07, 6.45) is 4.67. The lowest BCUT2D eigenvalue weighted by atomic mass is 10.1. The molecule has 0 aliphatic carbocycles. The van der Waals surface area contributed by atoms with Gasteiger partial charge in [0.15, 0.2) is 0 Å². The van der Waals surface area contributed by atoms with Crippen molar-refractivity contribution in [1.29, 1.82) is 0 Å². The quantitative estimate of drug-likeness (QED) is 0.681. The van der Waals surface area contributed by atoms with E-state index in [0.717, 1.165) is 40.3 Å². The van der Waals surface area contributed by atoms with Crippen LogP contribution in [0.15, 0.2) is 22.7 Å². The summed E-state index contributed by atoms with van der Waals surface area (Å²) in [5.41, 5.74) is 1.87. The van der Waals surface area contributed by atoms with E-state index in [4.69, 9.17) is 0 Å². The van der Waals surface area contributed by atoms with Crippen LogP contribution in [0, 0.1) is 6.92 Å². The molecule has 0 radical (unpaired) electrons. The molecule has 0 N–H and O–H groups in total. The van der Waals surface area contributed by atoms with E-state index in [2.05, 4.69) is 36.8 Å². The minimum Gasteiger partial charge on any atom is -0.335 e. The van der Waals surface area contributed by atoms with Gasteiger partial charge in [0.1, 0.15) is 0 Å². The number of benzene rings is 1. The molecule has 0 spiro atoms. The van der Waals surface area contributed by atoms with Gasteiger partial charge in [0.25, 0.3) is 5.91 Å². The number of nitrogens with zero attached hydrogens (tertiary/aromatic N) is 1. The van der Waals surface area contributed by atoms with E-state index in [9.17, 15) is 4.79 Å². The highest BCUT2D eigenvalue weighted by Crippen LogP contribution is 2.23. The Morgan fingerprint density at radius 2 is 2.16 bits per heavy atom. The molecule has 2 rings (SSSR count). The van der Waals surface area contributed by atoms with Gasteiger partial charge in [0.05, 0.1) is 0 Å². The van der Waals surface area contributed by atoms with Crippen LogP contribution < -0.4 is 0 Å². The van der Waals surface area contributed by atoms with E-state index in [1.165, 1.54) is 12.8 Å². The predicted molar refractivity (Wildman–Crippen MR) is 86.0 cm³/mol. The first kappa shape index (κ1) is 15.0. The second-order valence-corrected chi connectivity index (χ2v) is 6.68. The highest BCUT2D eigenvalue weighted by molar-refractivity contribution is 9.10. The van der Waals surface area contributed by atoms with Crippen LogP contribution in [0.2, 0.25) is 0 Å². The van der Waals surface area contributed by atoms with Gasteiger partial charge in [-0.1, -0.05) is 44.7 Å². The monoisotopic (exact) mass is 387 g/mol. The van der Waals surface area contributed by atoms with Gasteiger partial charge in [0, 0.05) is 28.0 Å². The van der Waals surface area contributed by atoms with E-state index in [-0.39, 0.29) is 5.91 Å². The van der Waals surface area contributed by atoms with Crippen molar-refractivity contribution in [3.63, 3.8) is 0 Å². The first-order chi connectivity index (χ1) is 9.13. The molecule has 4 heteroatoms. The second-order valence-electron chi connectivity index (χ2n) is 5.12. The van der Waals surface area contributed by atoms with Gasteiger partial charge in [-0.15, -0.1) is 0 Å². The maximum absolute atomic E-state index is 12.7. The van der Waals surface area contributed by atoms with Gasteiger partial charge in [-0.2, -0.15) is 0 Å². The molecule has 1 aromatic rings. The van der Waals surface area contributed by atoms with Crippen LogP contribution in [0.1, 0.15) is 41.6 Å².